The lowest BCUT2D eigenvalue weighted by molar-refractivity contribution is -0.123. The average molecular weight is 237 g/mol. The topological polar surface area (TPSA) is 20.3 Å². The van der Waals surface area contributed by atoms with Gasteiger partial charge in [0.25, 0.3) is 0 Å². The summed E-state index contributed by atoms with van der Waals surface area (Å²) in [6.45, 7) is 0. The predicted molar refractivity (Wildman–Crippen MR) is 61.4 cm³/mol. The zero-order valence-electron chi connectivity index (χ0n) is 9.76. The van der Waals surface area contributed by atoms with Gasteiger partial charge in [-0.3, -0.25) is 4.79 Å². The van der Waals surface area contributed by atoms with Crippen LogP contribution in [0, 0.1) is 11.6 Å². The molecule has 17 heavy (non-hydrogen) atoms. The van der Waals surface area contributed by atoms with Crippen LogP contribution >= 0.6 is 0 Å². The SMILES string of the molecule is CN(C)C(=O)/C=C1/CCc2c(F)cc(F)cc21. The van der Waals surface area contributed by atoms with E-state index in [1.165, 1.54) is 17.0 Å². The van der Waals surface area contributed by atoms with Crippen molar-refractivity contribution < 1.29 is 13.6 Å². The van der Waals surface area contributed by atoms with E-state index in [1.54, 1.807) is 14.1 Å². The molecule has 4 heteroatoms. The van der Waals surface area contributed by atoms with Gasteiger partial charge in [0.05, 0.1) is 0 Å². The van der Waals surface area contributed by atoms with Crippen molar-refractivity contribution >= 4 is 11.5 Å². The number of nitrogens with zero attached hydrogens (tertiary/aromatic N) is 1. The molecule has 2 nitrogen and oxygen atoms in total. The largest absolute Gasteiger partial charge is 0.345 e. The van der Waals surface area contributed by atoms with Crippen LogP contribution in [-0.2, 0) is 11.2 Å². The third kappa shape index (κ3) is 2.20. The molecule has 0 N–H and O–H groups in total. The second-order valence-electron chi connectivity index (χ2n) is 4.32. The first-order valence-electron chi connectivity index (χ1n) is 5.39. The second-order valence-corrected chi connectivity index (χ2v) is 4.32. The van der Waals surface area contributed by atoms with Crippen molar-refractivity contribution in [1.29, 1.82) is 0 Å². The Hall–Kier alpha value is -1.71. The standard InChI is InChI=1S/C13H13F2NO/c1-16(2)13(17)5-8-3-4-10-11(8)6-9(14)7-12(10)15/h5-7H,3-4H2,1-2H3/b8-5-. The van der Waals surface area contributed by atoms with Gasteiger partial charge in [0.15, 0.2) is 0 Å². The predicted octanol–water partition coefficient (Wildman–Crippen LogP) is 2.38. The number of rotatable bonds is 1. The summed E-state index contributed by atoms with van der Waals surface area (Å²) in [4.78, 5) is 13.0. The van der Waals surface area contributed by atoms with Crippen LogP contribution in [0.5, 0.6) is 0 Å². The Morgan fingerprint density at radius 2 is 2.00 bits per heavy atom. The molecule has 1 amide bonds. The molecule has 0 aliphatic heterocycles. The first-order chi connectivity index (χ1) is 7.99. The highest BCUT2D eigenvalue weighted by atomic mass is 19.1. The van der Waals surface area contributed by atoms with Crippen molar-refractivity contribution in [2.24, 2.45) is 0 Å². The number of carbonyl (C=O) groups is 1. The second kappa shape index (κ2) is 4.28. The summed E-state index contributed by atoms with van der Waals surface area (Å²) in [5, 5.41) is 0. The Bertz CT molecular complexity index is 506. The molecule has 90 valence electrons. The Balaban J connectivity index is 2.43. The molecule has 0 aromatic heterocycles. The summed E-state index contributed by atoms with van der Waals surface area (Å²) in [6.07, 6.45) is 2.55. The van der Waals surface area contributed by atoms with Crippen LogP contribution < -0.4 is 0 Å². The van der Waals surface area contributed by atoms with Crippen LogP contribution in [0.4, 0.5) is 8.78 Å². The smallest absolute Gasteiger partial charge is 0.246 e. The van der Waals surface area contributed by atoms with Gasteiger partial charge < -0.3 is 4.90 Å². The number of halogens is 2. The van der Waals surface area contributed by atoms with E-state index in [4.69, 9.17) is 0 Å². The molecule has 2 rings (SSSR count). The zero-order chi connectivity index (χ0) is 12.6. The van der Waals surface area contributed by atoms with Crippen LogP contribution in [0.15, 0.2) is 18.2 Å². The number of allylic oxidation sites excluding steroid dienone is 1. The van der Waals surface area contributed by atoms with Crippen LogP contribution in [0.25, 0.3) is 5.57 Å². The first kappa shape index (κ1) is 11.8. The summed E-state index contributed by atoms with van der Waals surface area (Å²) in [5.74, 6) is -1.30. The van der Waals surface area contributed by atoms with E-state index >= 15 is 0 Å². The number of hydrogen-bond acceptors (Lipinski definition) is 1. The molecule has 1 aliphatic carbocycles. The Labute approximate surface area is 98.5 Å². The van der Waals surface area contributed by atoms with Crippen LogP contribution in [0.2, 0.25) is 0 Å². The number of fused-ring (bicyclic) bond motifs is 1. The van der Waals surface area contributed by atoms with Gasteiger partial charge in [-0.25, -0.2) is 8.78 Å². The summed E-state index contributed by atoms with van der Waals surface area (Å²) in [7, 11) is 3.28. The van der Waals surface area contributed by atoms with Gasteiger partial charge in [-0.05, 0) is 35.6 Å². The number of carbonyl (C=O) groups excluding carboxylic acids is 1. The molecule has 0 atom stereocenters. The summed E-state index contributed by atoms with van der Waals surface area (Å²) in [5.41, 5.74) is 1.74. The Morgan fingerprint density at radius 1 is 1.29 bits per heavy atom. The molecule has 0 heterocycles. The lowest BCUT2D eigenvalue weighted by Crippen LogP contribution is -2.19. The molecule has 0 saturated carbocycles. The number of amides is 1. The molecule has 0 fully saturated rings. The molecule has 1 aromatic rings. The van der Waals surface area contributed by atoms with E-state index in [-0.39, 0.29) is 5.91 Å². The maximum absolute atomic E-state index is 13.5. The van der Waals surface area contributed by atoms with Crippen molar-refractivity contribution in [3.8, 4) is 0 Å². The lowest BCUT2D eigenvalue weighted by Gasteiger charge is -2.08. The monoisotopic (exact) mass is 237 g/mol. The van der Waals surface area contributed by atoms with Crippen molar-refractivity contribution in [3.05, 3.63) is 41.0 Å². The quantitative estimate of drug-likeness (QED) is 0.687. The molecule has 0 saturated heterocycles. The minimum atomic E-state index is -0.605. The van der Waals surface area contributed by atoms with Gasteiger partial charge in [-0.1, -0.05) is 0 Å². The van der Waals surface area contributed by atoms with Crippen molar-refractivity contribution in [2.75, 3.05) is 14.1 Å². The van der Waals surface area contributed by atoms with Gasteiger partial charge in [-0.15, -0.1) is 0 Å². The van der Waals surface area contributed by atoms with Gasteiger partial charge in [0.2, 0.25) is 5.91 Å². The minimum Gasteiger partial charge on any atom is -0.345 e. The van der Waals surface area contributed by atoms with Crippen LogP contribution in [-0.4, -0.2) is 24.9 Å². The Morgan fingerprint density at radius 3 is 2.65 bits per heavy atom. The highest BCUT2D eigenvalue weighted by Crippen LogP contribution is 2.34. The molecule has 0 spiro atoms. The lowest BCUT2D eigenvalue weighted by atomic mass is 10.1. The number of hydrogen-bond donors (Lipinski definition) is 0. The highest BCUT2D eigenvalue weighted by Gasteiger charge is 2.21. The average Bonchev–Trinajstić information content (AvgIpc) is 2.61. The maximum atomic E-state index is 13.5. The fourth-order valence-corrected chi connectivity index (χ4v) is 1.97. The van der Waals surface area contributed by atoms with E-state index in [2.05, 4.69) is 0 Å². The fourth-order valence-electron chi connectivity index (χ4n) is 1.97. The fraction of sp³-hybridized carbons (Fsp3) is 0.308. The van der Waals surface area contributed by atoms with Crippen molar-refractivity contribution in [3.63, 3.8) is 0 Å². The van der Waals surface area contributed by atoms with E-state index in [0.29, 0.717) is 29.5 Å². The third-order valence-corrected chi connectivity index (χ3v) is 2.89. The highest BCUT2D eigenvalue weighted by molar-refractivity contribution is 5.96. The summed E-state index contributed by atoms with van der Waals surface area (Å²) < 4.78 is 26.6. The molecule has 1 aliphatic rings. The number of likely N-dealkylation sites (N-methyl/N-ethyl adjacent to an activating group) is 1. The third-order valence-electron chi connectivity index (χ3n) is 2.89. The molecule has 0 unspecified atom stereocenters. The molecule has 0 bridgehead atoms. The van der Waals surface area contributed by atoms with Gasteiger partial charge in [-0.2, -0.15) is 0 Å². The van der Waals surface area contributed by atoms with E-state index in [9.17, 15) is 13.6 Å². The summed E-state index contributed by atoms with van der Waals surface area (Å²) in [6, 6.07) is 2.18. The van der Waals surface area contributed by atoms with Crippen molar-refractivity contribution in [2.45, 2.75) is 12.8 Å². The van der Waals surface area contributed by atoms with Gasteiger partial charge >= 0.3 is 0 Å². The normalized spacial score (nSPS) is 16.1. The van der Waals surface area contributed by atoms with E-state index in [1.807, 2.05) is 0 Å². The van der Waals surface area contributed by atoms with Crippen LogP contribution in [0.1, 0.15) is 17.5 Å². The van der Waals surface area contributed by atoms with Gasteiger partial charge in [0, 0.05) is 26.2 Å². The van der Waals surface area contributed by atoms with E-state index < -0.39 is 11.6 Å². The Kier molecular flexibility index (Phi) is 2.96. The van der Waals surface area contributed by atoms with Gasteiger partial charge in [0.1, 0.15) is 11.6 Å². The molecular weight excluding hydrogens is 224 g/mol. The molecule has 1 aromatic carbocycles. The van der Waals surface area contributed by atoms with Crippen LogP contribution in [0.3, 0.4) is 0 Å². The molecule has 0 radical (unpaired) electrons. The first-order valence-corrected chi connectivity index (χ1v) is 5.39. The minimum absolute atomic E-state index is 0.169. The maximum Gasteiger partial charge on any atom is 0.246 e. The zero-order valence-corrected chi connectivity index (χ0v) is 9.76. The number of benzene rings is 1. The van der Waals surface area contributed by atoms with E-state index in [0.717, 1.165) is 6.07 Å². The molecular formula is C13H13F2NO. The van der Waals surface area contributed by atoms with Crippen molar-refractivity contribution in [1.82, 2.24) is 4.90 Å². The summed E-state index contributed by atoms with van der Waals surface area (Å²) >= 11 is 0.